The van der Waals surface area contributed by atoms with Crippen molar-refractivity contribution in [1.82, 2.24) is 0 Å². The van der Waals surface area contributed by atoms with E-state index in [1.54, 1.807) is 13.8 Å². The van der Waals surface area contributed by atoms with Gasteiger partial charge in [-0.3, -0.25) is 28.2 Å². The third-order valence-electron chi connectivity index (χ3n) is 3.36. The zero-order chi connectivity index (χ0) is 25.6. The van der Waals surface area contributed by atoms with Gasteiger partial charge in [0.1, 0.15) is 13.2 Å². The molecule has 2 unspecified atom stereocenters. The van der Waals surface area contributed by atoms with Crippen LogP contribution in [0.2, 0.25) is 0 Å². The van der Waals surface area contributed by atoms with Gasteiger partial charge in [0.15, 0.2) is 12.2 Å². The monoisotopic (exact) mass is 500 g/mol. The first-order valence-corrected chi connectivity index (χ1v) is 11.5. The van der Waals surface area contributed by atoms with E-state index in [-0.39, 0.29) is 12.8 Å². The molecule has 0 aliphatic rings. The fourth-order valence-electron chi connectivity index (χ4n) is 2.07. The topological polar surface area (TPSA) is 213 Å². The van der Waals surface area contributed by atoms with Crippen LogP contribution in [0, 0.1) is 0 Å². The summed E-state index contributed by atoms with van der Waals surface area (Å²) in [6, 6.07) is -0.974. The normalized spacial score (nSPS) is 16.5. The molecule has 0 amide bonds. The van der Waals surface area contributed by atoms with Crippen LogP contribution in [0.3, 0.4) is 0 Å². The zero-order valence-corrected chi connectivity index (χ0v) is 20.0. The van der Waals surface area contributed by atoms with Crippen LogP contribution in [0.15, 0.2) is 0 Å². The lowest BCUT2D eigenvalue weighted by molar-refractivity contribution is -0.161. The van der Waals surface area contributed by atoms with Crippen molar-refractivity contribution in [3.8, 4) is 0 Å². The molecule has 0 aromatic carbocycles. The molecule has 5 atom stereocenters. The third kappa shape index (κ3) is 18.1. The standard InChI is InChI=1S/C18H33N2O12P/c1-11(19)5-17(23)28-8-16(32-18(24)6-12(2)20)10-30-33(25,26)29-9-15(31-14(4)22)7-27-13(3)21/h11-12,15-16H,5-10,19-20H2,1-4H3,(H,25,26)/t11-,12-,15-,16?/m1/s1. The van der Waals surface area contributed by atoms with Gasteiger partial charge in [-0.15, -0.1) is 0 Å². The molecular formula is C18H33N2O12P. The Morgan fingerprint density at radius 1 is 0.758 bits per heavy atom. The summed E-state index contributed by atoms with van der Waals surface area (Å²) in [5, 5.41) is 0. The summed E-state index contributed by atoms with van der Waals surface area (Å²) >= 11 is 0. The second-order valence-corrected chi connectivity index (χ2v) is 8.71. The summed E-state index contributed by atoms with van der Waals surface area (Å²) in [5.74, 6) is -2.81. The van der Waals surface area contributed by atoms with Gasteiger partial charge in [0.25, 0.3) is 0 Å². The SMILES string of the molecule is CC(=O)OC[C@H](COP(=O)(O)OCC(COC(=O)C[C@@H](C)N)OC(=O)C[C@@H](C)N)OC(C)=O. The maximum Gasteiger partial charge on any atom is 0.472 e. The van der Waals surface area contributed by atoms with Crippen LogP contribution in [-0.2, 0) is 51.7 Å². The van der Waals surface area contributed by atoms with Crippen molar-refractivity contribution in [3.63, 3.8) is 0 Å². The molecular weight excluding hydrogens is 467 g/mol. The minimum atomic E-state index is -4.74. The lowest BCUT2D eigenvalue weighted by atomic mass is 10.2. The quantitative estimate of drug-likeness (QED) is 0.139. The minimum Gasteiger partial charge on any atom is -0.462 e. The Balaban J connectivity index is 4.94. The number of hydrogen-bond acceptors (Lipinski definition) is 13. The number of hydrogen-bond donors (Lipinski definition) is 3. The Morgan fingerprint density at radius 2 is 1.21 bits per heavy atom. The number of rotatable bonds is 16. The number of nitrogens with two attached hydrogens (primary N) is 2. The predicted octanol–water partition coefficient (Wildman–Crippen LogP) is -0.456. The molecule has 0 aliphatic carbocycles. The van der Waals surface area contributed by atoms with Gasteiger partial charge in [0.05, 0.1) is 26.1 Å². The highest BCUT2D eigenvalue weighted by Gasteiger charge is 2.28. The van der Waals surface area contributed by atoms with Crippen molar-refractivity contribution in [3.05, 3.63) is 0 Å². The van der Waals surface area contributed by atoms with Gasteiger partial charge in [-0.05, 0) is 13.8 Å². The van der Waals surface area contributed by atoms with Crippen molar-refractivity contribution >= 4 is 31.7 Å². The molecule has 0 aromatic heterocycles. The molecule has 0 heterocycles. The van der Waals surface area contributed by atoms with Crippen LogP contribution in [0.1, 0.15) is 40.5 Å². The number of carbonyl (C=O) groups is 4. The van der Waals surface area contributed by atoms with E-state index >= 15 is 0 Å². The molecule has 0 radical (unpaired) electrons. The number of ether oxygens (including phenoxy) is 4. The Bertz CT molecular complexity index is 700. The molecule has 0 bridgehead atoms. The minimum absolute atomic E-state index is 0.0944. The Hall–Kier alpha value is -2.09. The molecule has 14 nitrogen and oxygen atoms in total. The molecule has 0 aliphatic heterocycles. The van der Waals surface area contributed by atoms with Crippen molar-refractivity contribution in [2.45, 2.75) is 64.8 Å². The molecule has 0 rings (SSSR count). The number of carbonyl (C=O) groups excluding carboxylic acids is 4. The number of phosphoric ester groups is 1. The predicted molar refractivity (Wildman–Crippen MR) is 111 cm³/mol. The van der Waals surface area contributed by atoms with E-state index in [9.17, 15) is 28.6 Å². The van der Waals surface area contributed by atoms with Crippen LogP contribution < -0.4 is 11.5 Å². The highest BCUT2D eigenvalue weighted by atomic mass is 31.2. The molecule has 0 fully saturated rings. The average Bonchev–Trinajstić information content (AvgIpc) is 2.64. The van der Waals surface area contributed by atoms with Crippen LogP contribution in [0.5, 0.6) is 0 Å². The maximum atomic E-state index is 12.2. The van der Waals surface area contributed by atoms with Gasteiger partial charge in [0, 0.05) is 25.9 Å². The summed E-state index contributed by atoms with van der Waals surface area (Å²) in [4.78, 5) is 55.5. The molecule has 15 heteroatoms. The van der Waals surface area contributed by atoms with E-state index in [0.717, 1.165) is 13.8 Å². The van der Waals surface area contributed by atoms with Crippen LogP contribution >= 0.6 is 7.82 Å². The van der Waals surface area contributed by atoms with Gasteiger partial charge < -0.3 is 35.3 Å². The zero-order valence-electron chi connectivity index (χ0n) is 19.1. The largest absolute Gasteiger partial charge is 0.472 e. The summed E-state index contributed by atoms with van der Waals surface area (Å²) in [7, 11) is -4.74. The molecule has 0 saturated carbocycles. The Kier molecular flexibility index (Phi) is 14.7. The first-order chi connectivity index (χ1) is 15.2. The van der Waals surface area contributed by atoms with Crippen molar-refractivity contribution in [2.75, 3.05) is 26.4 Å². The molecule has 0 spiro atoms. The second-order valence-electron chi connectivity index (χ2n) is 7.25. The van der Waals surface area contributed by atoms with E-state index in [1.165, 1.54) is 0 Å². The lowest BCUT2D eigenvalue weighted by Gasteiger charge is -2.21. The second kappa shape index (κ2) is 15.7. The number of phosphoric acid groups is 1. The summed E-state index contributed by atoms with van der Waals surface area (Å²) in [6.45, 7) is 3.17. The van der Waals surface area contributed by atoms with Crippen molar-refractivity contribution in [2.24, 2.45) is 11.5 Å². The van der Waals surface area contributed by atoms with E-state index in [1.807, 2.05) is 0 Å². The van der Waals surface area contributed by atoms with Gasteiger partial charge in [-0.2, -0.15) is 0 Å². The van der Waals surface area contributed by atoms with E-state index in [4.69, 9.17) is 39.5 Å². The summed E-state index contributed by atoms with van der Waals surface area (Å²) in [5.41, 5.74) is 11.0. The van der Waals surface area contributed by atoms with E-state index in [2.05, 4.69) is 0 Å². The van der Waals surface area contributed by atoms with Crippen LogP contribution in [0.25, 0.3) is 0 Å². The fourth-order valence-corrected chi connectivity index (χ4v) is 2.86. The number of esters is 4. The average molecular weight is 500 g/mol. The van der Waals surface area contributed by atoms with E-state index in [0.29, 0.717) is 0 Å². The smallest absolute Gasteiger partial charge is 0.462 e. The maximum absolute atomic E-state index is 12.2. The fraction of sp³-hybridized carbons (Fsp3) is 0.778. The summed E-state index contributed by atoms with van der Waals surface area (Å²) in [6.07, 6.45) is -2.67. The third-order valence-corrected chi connectivity index (χ3v) is 4.31. The van der Waals surface area contributed by atoms with Gasteiger partial charge in [-0.1, -0.05) is 0 Å². The Labute approximate surface area is 191 Å². The molecule has 0 aromatic rings. The molecule has 0 saturated heterocycles. The molecule has 33 heavy (non-hydrogen) atoms. The highest BCUT2D eigenvalue weighted by Crippen LogP contribution is 2.43. The Morgan fingerprint density at radius 3 is 1.67 bits per heavy atom. The van der Waals surface area contributed by atoms with Crippen molar-refractivity contribution in [1.29, 1.82) is 0 Å². The van der Waals surface area contributed by atoms with Crippen LogP contribution in [-0.4, -0.2) is 79.5 Å². The van der Waals surface area contributed by atoms with Crippen LogP contribution in [0.4, 0.5) is 0 Å². The lowest BCUT2D eigenvalue weighted by Crippen LogP contribution is -2.32. The first kappa shape index (κ1) is 30.9. The van der Waals surface area contributed by atoms with Gasteiger partial charge in [-0.25, -0.2) is 4.57 Å². The molecule has 192 valence electrons. The first-order valence-electron chi connectivity index (χ1n) is 9.98. The van der Waals surface area contributed by atoms with Gasteiger partial charge in [0.2, 0.25) is 0 Å². The summed E-state index contributed by atoms with van der Waals surface area (Å²) < 4.78 is 41.3. The van der Waals surface area contributed by atoms with Crippen molar-refractivity contribution < 1.29 is 56.6 Å². The van der Waals surface area contributed by atoms with Gasteiger partial charge >= 0.3 is 31.7 Å². The van der Waals surface area contributed by atoms with E-state index < -0.39 is 82.4 Å². The highest BCUT2D eigenvalue weighted by molar-refractivity contribution is 7.47. The molecule has 5 N–H and O–H groups in total.